The number of unbranched alkanes of at least 4 members (excludes halogenated alkanes) is 3. The summed E-state index contributed by atoms with van der Waals surface area (Å²) in [5.41, 5.74) is 5.62. The van der Waals surface area contributed by atoms with Gasteiger partial charge in [0, 0.05) is 73.2 Å². The molecule has 7 rings (SSSR count). The first kappa shape index (κ1) is 42.0. The number of para-hydroxylation sites is 2. The van der Waals surface area contributed by atoms with E-state index in [-0.39, 0.29) is 23.3 Å². The summed E-state index contributed by atoms with van der Waals surface area (Å²) in [7, 11) is -3.98. The number of halogens is 3. The predicted octanol–water partition coefficient (Wildman–Crippen LogP) is 8.54. The molecule has 0 aliphatic carbocycles. The first-order valence-electron chi connectivity index (χ1n) is 19.8. The maximum absolute atomic E-state index is 12.8. The Morgan fingerprint density at radius 1 is 0.750 bits per heavy atom. The van der Waals surface area contributed by atoms with Gasteiger partial charge in [0.25, 0.3) is 0 Å². The third kappa shape index (κ3) is 10.9. The molecule has 0 atom stereocenters. The Bertz CT molecular complexity index is 2560. The third-order valence-electron chi connectivity index (χ3n) is 10.2. The Balaban J connectivity index is 0.798. The summed E-state index contributed by atoms with van der Waals surface area (Å²) in [6.07, 6.45) is 3.97. The maximum atomic E-state index is 12.8. The highest BCUT2D eigenvalue weighted by Gasteiger charge is 2.31. The number of benzene rings is 4. The second-order valence-corrected chi connectivity index (χ2v) is 16.3. The minimum Gasteiger partial charge on any atom is -0.453 e. The van der Waals surface area contributed by atoms with Gasteiger partial charge in [-0.2, -0.15) is 0 Å². The molecule has 4 N–H and O–H groups in total. The number of carbonyl (C=O) groups is 2. The molecule has 0 spiro atoms. The van der Waals surface area contributed by atoms with E-state index in [1.54, 1.807) is 6.20 Å². The highest BCUT2D eigenvalue weighted by Crippen LogP contribution is 2.46. The number of fused-ring (bicyclic) bond motifs is 5. The number of hydrogen-bond donors (Lipinski definition) is 4. The number of carbonyl (C=O) groups excluding carboxylic acids is 2. The van der Waals surface area contributed by atoms with Crippen molar-refractivity contribution in [1.82, 2.24) is 25.3 Å². The Morgan fingerprint density at radius 2 is 1.52 bits per heavy atom. The van der Waals surface area contributed by atoms with Crippen LogP contribution in [-0.4, -0.2) is 56.2 Å². The number of amides is 2. The van der Waals surface area contributed by atoms with Crippen LogP contribution in [0.3, 0.4) is 0 Å². The van der Waals surface area contributed by atoms with Crippen LogP contribution in [0.2, 0.25) is 0 Å². The van der Waals surface area contributed by atoms with Crippen molar-refractivity contribution in [3.63, 3.8) is 0 Å². The standard InChI is InChI=1S/C44H45F3N6O6S/c45-44(46,47)59-32-14-16-33(17-15-32)60(56,57)51-23-7-25-53-38-8-4-5-9-40(38)58-41-27-31(12-19-39(41)53)28-50-42(54)10-3-1-2-6-22-49-43(55)20-13-30-11-18-34-35-29-48-24-21-36(35)52-37(34)26-30/h4-5,8-9,11-12,14-19,21,24,26-27,29,51-52H,1-3,6-7,10,13,20,22-23,25,28H2,(H,49,55)(H,50,54). The van der Waals surface area contributed by atoms with Gasteiger partial charge >= 0.3 is 6.36 Å². The summed E-state index contributed by atoms with van der Waals surface area (Å²) in [6.45, 7) is 1.42. The minimum atomic E-state index is -4.88. The molecule has 0 fully saturated rings. The molecule has 0 unspecified atom stereocenters. The van der Waals surface area contributed by atoms with Crippen LogP contribution in [0.5, 0.6) is 17.2 Å². The SMILES string of the molecule is O=C(CCc1ccc2c(c1)[nH]c1ccncc12)NCCCCCCC(=O)NCc1ccc2c(c1)Oc1ccccc1N2CCCNS(=O)(=O)c1ccc(OC(F)(F)F)cc1. The first-order chi connectivity index (χ1) is 28.9. The Morgan fingerprint density at radius 3 is 2.35 bits per heavy atom. The fourth-order valence-corrected chi connectivity index (χ4v) is 8.23. The molecule has 3 heterocycles. The van der Waals surface area contributed by atoms with Crippen LogP contribution in [0.1, 0.15) is 56.1 Å². The van der Waals surface area contributed by atoms with Crippen LogP contribution in [0.15, 0.2) is 108 Å². The van der Waals surface area contributed by atoms with E-state index in [9.17, 15) is 31.2 Å². The van der Waals surface area contributed by atoms with Crippen LogP contribution < -0.4 is 29.7 Å². The van der Waals surface area contributed by atoms with Gasteiger partial charge in [0.05, 0.1) is 16.3 Å². The van der Waals surface area contributed by atoms with Gasteiger partial charge in [-0.05, 0) is 97.5 Å². The molecule has 1 aliphatic rings. The van der Waals surface area contributed by atoms with E-state index in [1.165, 1.54) is 0 Å². The van der Waals surface area contributed by atoms with Crippen molar-refractivity contribution in [2.45, 2.75) is 69.2 Å². The first-order valence-corrected chi connectivity index (χ1v) is 21.3. The number of anilines is 2. The summed E-state index contributed by atoms with van der Waals surface area (Å²) in [6, 6.07) is 25.4. The van der Waals surface area contributed by atoms with Gasteiger partial charge in [-0.1, -0.05) is 43.2 Å². The smallest absolute Gasteiger partial charge is 0.453 e. The highest BCUT2D eigenvalue weighted by atomic mass is 32.2. The number of aromatic nitrogens is 2. The number of nitrogens with one attached hydrogen (secondary N) is 4. The van der Waals surface area contributed by atoms with Gasteiger partial charge in [-0.3, -0.25) is 14.6 Å². The van der Waals surface area contributed by atoms with E-state index in [0.29, 0.717) is 56.8 Å². The molecular formula is C44H45F3N6O6S. The lowest BCUT2D eigenvalue weighted by Gasteiger charge is -2.33. The second-order valence-electron chi connectivity index (χ2n) is 14.5. The quantitative estimate of drug-likeness (QED) is 0.0592. The fourth-order valence-electron chi connectivity index (χ4n) is 7.15. The lowest BCUT2D eigenvalue weighted by atomic mass is 10.1. The third-order valence-corrected chi connectivity index (χ3v) is 11.6. The fraction of sp³-hybridized carbons (Fsp3) is 0.295. The van der Waals surface area contributed by atoms with Gasteiger partial charge in [0.2, 0.25) is 21.8 Å². The number of aromatic amines is 1. The van der Waals surface area contributed by atoms with Crippen LogP contribution in [0, 0.1) is 0 Å². The summed E-state index contributed by atoms with van der Waals surface area (Å²) < 4.78 is 75.6. The number of H-pyrrole nitrogens is 1. The summed E-state index contributed by atoms with van der Waals surface area (Å²) in [4.78, 5) is 34.6. The van der Waals surface area contributed by atoms with Gasteiger partial charge < -0.3 is 30.0 Å². The summed E-state index contributed by atoms with van der Waals surface area (Å²) in [5.74, 6) is 0.686. The van der Waals surface area contributed by atoms with Crippen molar-refractivity contribution in [3.8, 4) is 17.2 Å². The number of sulfonamides is 1. The van der Waals surface area contributed by atoms with E-state index >= 15 is 0 Å². The molecule has 6 aromatic rings. The molecule has 2 aromatic heterocycles. The van der Waals surface area contributed by atoms with E-state index in [2.05, 4.69) is 48.3 Å². The molecule has 16 heteroatoms. The predicted molar refractivity (Wildman–Crippen MR) is 223 cm³/mol. The molecule has 4 aromatic carbocycles. The largest absolute Gasteiger partial charge is 0.573 e. The zero-order valence-corrected chi connectivity index (χ0v) is 33.5. The zero-order chi connectivity index (χ0) is 42.1. The molecule has 0 saturated heterocycles. The van der Waals surface area contributed by atoms with Crippen molar-refractivity contribution in [1.29, 1.82) is 0 Å². The monoisotopic (exact) mass is 842 g/mol. The molecule has 1 aliphatic heterocycles. The molecule has 12 nitrogen and oxygen atoms in total. The van der Waals surface area contributed by atoms with E-state index < -0.39 is 22.1 Å². The number of alkyl halides is 3. The van der Waals surface area contributed by atoms with Crippen LogP contribution in [0.25, 0.3) is 21.8 Å². The number of ether oxygens (including phenoxy) is 2. The van der Waals surface area contributed by atoms with E-state index in [4.69, 9.17) is 4.74 Å². The lowest BCUT2D eigenvalue weighted by molar-refractivity contribution is -0.274. The average molecular weight is 843 g/mol. The van der Waals surface area contributed by atoms with E-state index in [1.807, 2.05) is 59.6 Å². The molecule has 2 amide bonds. The van der Waals surface area contributed by atoms with Gasteiger partial charge in [-0.25, -0.2) is 13.1 Å². The molecule has 0 radical (unpaired) electrons. The summed E-state index contributed by atoms with van der Waals surface area (Å²) in [5, 5.41) is 8.20. The van der Waals surface area contributed by atoms with E-state index in [0.717, 1.165) is 94.3 Å². The highest BCUT2D eigenvalue weighted by molar-refractivity contribution is 7.89. The average Bonchev–Trinajstić information content (AvgIpc) is 3.60. The van der Waals surface area contributed by atoms with Gasteiger partial charge in [-0.15, -0.1) is 13.2 Å². The lowest BCUT2D eigenvalue weighted by Crippen LogP contribution is -2.29. The minimum absolute atomic E-state index is 0.0244. The zero-order valence-electron chi connectivity index (χ0n) is 32.7. The molecular weight excluding hydrogens is 798 g/mol. The van der Waals surface area contributed by atoms with Crippen LogP contribution in [-0.2, 0) is 32.6 Å². The molecule has 0 bridgehead atoms. The Labute approximate surface area is 345 Å². The number of rotatable bonds is 19. The second kappa shape index (κ2) is 18.8. The van der Waals surface area contributed by atoms with Crippen molar-refractivity contribution >= 4 is 55.0 Å². The van der Waals surface area contributed by atoms with Crippen LogP contribution >= 0.6 is 0 Å². The molecule has 60 heavy (non-hydrogen) atoms. The number of aryl methyl sites for hydroxylation is 1. The summed E-state index contributed by atoms with van der Waals surface area (Å²) >= 11 is 0. The maximum Gasteiger partial charge on any atom is 0.573 e. The number of nitrogens with zero attached hydrogens (tertiary/aromatic N) is 2. The van der Waals surface area contributed by atoms with Crippen molar-refractivity contribution in [2.75, 3.05) is 24.5 Å². The Kier molecular flexibility index (Phi) is 13.2. The van der Waals surface area contributed by atoms with Crippen LogP contribution in [0.4, 0.5) is 24.5 Å². The van der Waals surface area contributed by atoms with Crippen molar-refractivity contribution in [3.05, 3.63) is 115 Å². The molecule has 314 valence electrons. The normalized spacial score (nSPS) is 12.5. The van der Waals surface area contributed by atoms with Crippen molar-refractivity contribution < 1.29 is 40.7 Å². The topological polar surface area (TPSA) is 155 Å². The number of pyridine rings is 1. The van der Waals surface area contributed by atoms with Crippen molar-refractivity contribution in [2.24, 2.45) is 0 Å². The van der Waals surface area contributed by atoms with Gasteiger partial charge in [0.15, 0.2) is 11.5 Å². The Hall–Kier alpha value is -6.13. The number of hydrogen-bond acceptors (Lipinski definition) is 8. The van der Waals surface area contributed by atoms with Gasteiger partial charge in [0.1, 0.15) is 5.75 Å². The molecule has 0 saturated carbocycles.